The van der Waals surface area contributed by atoms with Crippen LogP contribution in [0.4, 0.5) is 10.5 Å². The van der Waals surface area contributed by atoms with Crippen LogP contribution in [-0.2, 0) is 4.79 Å². The van der Waals surface area contributed by atoms with E-state index >= 15 is 0 Å². The average Bonchev–Trinajstić information content (AvgIpc) is 2.68. The van der Waals surface area contributed by atoms with Crippen molar-refractivity contribution in [3.63, 3.8) is 0 Å². The van der Waals surface area contributed by atoms with Gasteiger partial charge in [0.2, 0.25) is 0 Å². The Morgan fingerprint density at radius 2 is 1.75 bits per heavy atom. The fraction of sp³-hybridized carbons (Fsp3) is 0.273. The first-order valence-electron chi connectivity index (χ1n) is 9.18. The summed E-state index contributed by atoms with van der Waals surface area (Å²) >= 11 is 0. The minimum Gasteiger partial charge on any atom is -0.410 e. The standard InChI is InChI=1S/C22H24N2O4/c1-22(2,27)20(25)24-14-12-17(13-15-24)16-8-10-18(11-9-16)23-21(26)28-19-6-4-3-5-7-19/h3-12,27H,13-15H2,1-2H3,(H,23,26). The molecule has 0 aromatic heterocycles. The fourth-order valence-electron chi connectivity index (χ4n) is 3.01. The predicted octanol–water partition coefficient (Wildman–Crippen LogP) is 3.68. The van der Waals surface area contributed by atoms with E-state index in [0.717, 1.165) is 11.1 Å². The maximum Gasteiger partial charge on any atom is 0.417 e. The van der Waals surface area contributed by atoms with Crippen molar-refractivity contribution >= 4 is 23.3 Å². The summed E-state index contributed by atoms with van der Waals surface area (Å²) in [5.74, 6) is 0.216. The zero-order valence-corrected chi connectivity index (χ0v) is 16.0. The van der Waals surface area contributed by atoms with Gasteiger partial charge in [0, 0.05) is 18.8 Å². The van der Waals surface area contributed by atoms with Crippen molar-refractivity contribution in [2.75, 3.05) is 18.4 Å². The Morgan fingerprint density at radius 1 is 1.07 bits per heavy atom. The number of carbonyl (C=O) groups excluding carboxylic acids is 2. The molecule has 0 atom stereocenters. The summed E-state index contributed by atoms with van der Waals surface area (Å²) < 4.78 is 5.21. The molecule has 2 N–H and O–H groups in total. The highest BCUT2D eigenvalue weighted by molar-refractivity contribution is 5.87. The number of anilines is 1. The summed E-state index contributed by atoms with van der Waals surface area (Å²) in [6.45, 7) is 4.05. The van der Waals surface area contributed by atoms with Gasteiger partial charge in [-0.25, -0.2) is 4.79 Å². The summed E-state index contributed by atoms with van der Waals surface area (Å²) in [6.07, 6.45) is 2.17. The van der Waals surface area contributed by atoms with E-state index in [9.17, 15) is 14.7 Å². The molecule has 28 heavy (non-hydrogen) atoms. The second-order valence-electron chi connectivity index (χ2n) is 7.19. The summed E-state index contributed by atoms with van der Waals surface area (Å²) in [7, 11) is 0. The highest BCUT2D eigenvalue weighted by Gasteiger charge is 2.30. The predicted molar refractivity (Wildman–Crippen MR) is 108 cm³/mol. The lowest BCUT2D eigenvalue weighted by Crippen LogP contribution is -2.46. The third-order valence-electron chi connectivity index (χ3n) is 4.48. The number of carbonyl (C=O) groups is 2. The molecule has 1 aliphatic heterocycles. The Morgan fingerprint density at radius 3 is 2.32 bits per heavy atom. The highest BCUT2D eigenvalue weighted by Crippen LogP contribution is 2.25. The summed E-state index contributed by atoms with van der Waals surface area (Å²) in [6, 6.07) is 16.4. The van der Waals surface area contributed by atoms with Crippen molar-refractivity contribution in [2.24, 2.45) is 0 Å². The quantitative estimate of drug-likeness (QED) is 0.848. The van der Waals surface area contributed by atoms with Crippen molar-refractivity contribution in [1.82, 2.24) is 4.90 Å². The fourth-order valence-corrected chi connectivity index (χ4v) is 3.01. The van der Waals surface area contributed by atoms with Crippen molar-refractivity contribution < 1.29 is 19.4 Å². The molecule has 0 saturated carbocycles. The van der Waals surface area contributed by atoms with E-state index in [2.05, 4.69) is 5.32 Å². The van der Waals surface area contributed by atoms with Gasteiger partial charge in [-0.2, -0.15) is 0 Å². The number of hydrogen-bond donors (Lipinski definition) is 2. The number of nitrogens with zero attached hydrogens (tertiary/aromatic N) is 1. The van der Waals surface area contributed by atoms with Gasteiger partial charge in [0.05, 0.1) is 0 Å². The molecule has 6 heteroatoms. The molecule has 0 unspecified atom stereocenters. The lowest BCUT2D eigenvalue weighted by molar-refractivity contribution is -0.147. The van der Waals surface area contributed by atoms with E-state index in [1.165, 1.54) is 13.8 Å². The molecular weight excluding hydrogens is 356 g/mol. The number of hydrogen-bond acceptors (Lipinski definition) is 4. The minimum absolute atomic E-state index is 0.265. The van der Waals surface area contributed by atoms with Crippen molar-refractivity contribution in [2.45, 2.75) is 25.9 Å². The average molecular weight is 380 g/mol. The first-order valence-corrected chi connectivity index (χ1v) is 9.18. The Bertz CT molecular complexity index is 868. The molecule has 1 aliphatic rings. The topological polar surface area (TPSA) is 78.9 Å². The normalized spacial score (nSPS) is 14.2. The van der Waals surface area contributed by atoms with E-state index in [-0.39, 0.29) is 5.91 Å². The number of rotatable bonds is 4. The van der Waals surface area contributed by atoms with E-state index < -0.39 is 11.7 Å². The highest BCUT2D eigenvalue weighted by atomic mass is 16.6. The lowest BCUT2D eigenvalue weighted by Gasteiger charge is -2.31. The molecule has 3 rings (SSSR count). The number of nitrogens with one attached hydrogen (secondary N) is 1. The molecule has 0 fully saturated rings. The molecule has 1 heterocycles. The van der Waals surface area contributed by atoms with Crippen LogP contribution in [0.2, 0.25) is 0 Å². The van der Waals surface area contributed by atoms with Gasteiger partial charge in [-0.3, -0.25) is 10.1 Å². The van der Waals surface area contributed by atoms with Gasteiger partial charge in [0.25, 0.3) is 5.91 Å². The molecular formula is C22H24N2O4. The molecule has 2 aromatic rings. The van der Waals surface area contributed by atoms with Crippen LogP contribution in [0.25, 0.3) is 5.57 Å². The van der Waals surface area contributed by atoms with Crippen molar-refractivity contribution in [3.8, 4) is 5.75 Å². The van der Waals surface area contributed by atoms with Gasteiger partial charge in [-0.1, -0.05) is 36.4 Å². The summed E-state index contributed by atoms with van der Waals surface area (Å²) in [4.78, 5) is 25.7. The van der Waals surface area contributed by atoms with Gasteiger partial charge in [-0.05, 0) is 55.7 Å². The molecule has 6 nitrogen and oxygen atoms in total. The van der Waals surface area contributed by atoms with Gasteiger partial charge in [0.15, 0.2) is 0 Å². The van der Waals surface area contributed by atoms with Crippen LogP contribution in [0.5, 0.6) is 5.75 Å². The van der Waals surface area contributed by atoms with E-state index in [1.807, 2.05) is 36.4 Å². The zero-order chi connectivity index (χ0) is 20.1. The largest absolute Gasteiger partial charge is 0.417 e. The Kier molecular flexibility index (Phi) is 5.80. The number of aliphatic hydroxyl groups is 1. The Labute approximate surface area is 164 Å². The van der Waals surface area contributed by atoms with Crippen LogP contribution < -0.4 is 10.1 Å². The second kappa shape index (κ2) is 8.27. The summed E-state index contributed by atoms with van der Waals surface area (Å²) in [5, 5.41) is 12.6. The smallest absolute Gasteiger partial charge is 0.410 e. The Hall–Kier alpha value is -3.12. The number of ether oxygens (including phenoxy) is 1. The van der Waals surface area contributed by atoms with Crippen LogP contribution in [0.15, 0.2) is 60.7 Å². The molecule has 0 aliphatic carbocycles. The molecule has 0 radical (unpaired) electrons. The third-order valence-corrected chi connectivity index (χ3v) is 4.48. The SMILES string of the molecule is CC(C)(O)C(=O)N1CC=C(c2ccc(NC(=O)Oc3ccccc3)cc2)CC1. The van der Waals surface area contributed by atoms with Crippen LogP contribution in [0.3, 0.4) is 0 Å². The van der Waals surface area contributed by atoms with Gasteiger partial charge in [-0.15, -0.1) is 0 Å². The third kappa shape index (κ3) is 4.98. The molecule has 2 amide bonds. The number of amides is 2. The summed E-state index contributed by atoms with van der Waals surface area (Å²) in [5.41, 5.74) is 1.46. The monoisotopic (exact) mass is 380 g/mol. The molecule has 0 spiro atoms. The van der Waals surface area contributed by atoms with Crippen LogP contribution in [-0.4, -0.2) is 40.7 Å². The van der Waals surface area contributed by atoms with E-state index in [4.69, 9.17) is 4.74 Å². The Balaban J connectivity index is 1.58. The lowest BCUT2D eigenvalue weighted by atomic mass is 9.98. The first kappa shape index (κ1) is 19.6. The van der Waals surface area contributed by atoms with E-state index in [0.29, 0.717) is 30.9 Å². The maximum atomic E-state index is 12.1. The van der Waals surface area contributed by atoms with Crippen molar-refractivity contribution in [1.29, 1.82) is 0 Å². The van der Waals surface area contributed by atoms with Gasteiger partial charge in [0.1, 0.15) is 11.4 Å². The molecule has 0 bridgehead atoms. The number of para-hydroxylation sites is 1. The minimum atomic E-state index is -1.35. The van der Waals surface area contributed by atoms with Crippen LogP contribution in [0, 0.1) is 0 Å². The zero-order valence-electron chi connectivity index (χ0n) is 16.0. The molecule has 0 saturated heterocycles. The number of benzene rings is 2. The van der Waals surface area contributed by atoms with Crippen LogP contribution >= 0.6 is 0 Å². The van der Waals surface area contributed by atoms with Crippen molar-refractivity contribution in [3.05, 3.63) is 66.2 Å². The first-order chi connectivity index (χ1) is 13.3. The maximum absolute atomic E-state index is 12.1. The van der Waals surface area contributed by atoms with Crippen LogP contribution in [0.1, 0.15) is 25.8 Å². The van der Waals surface area contributed by atoms with Gasteiger partial charge >= 0.3 is 6.09 Å². The van der Waals surface area contributed by atoms with E-state index in [1.54, 1.807) is 29.2 Å². The molecule has 2 aromatic carbocycles. The molecule has 146 valence electrons. The van der Waals surface area contributed by atoms with Gasteiger partial charge < -0.3 is 14.7 Å². The second-order valence-corrected chi connectivity index (χ2v) is 7.19.